The van der Waals surface area contributed by atoms with Gasteiger partial charge in [0.25, 0.3) is 5.91 Å². The number of ether oxygens (including phenoxy) is 2. The number of hydrogen-bond donors (Lipinski definition) is 1. The van der Waals surface area contributed by atoms with E-state index in [-0.39, 0.29) is 12.5 Å². The Balaban J connectivity index is 1.87. The number of rotatable bonds is 7. The minimum Gasteiger partial charge on any atom is -0.494 e. The molecule has 23 heavy (non-hydrogen) atoms. The Labute approximate surface area is 137 Å². The molecule has 4 nitrogen and oxygen atoms in total. The molecule has 0 fully saturated rings. The summed E-state index contributed by atoms with van der Waals surface area (Å²) in [6.07, 6.45) is 0.966. The first-order valence-corrected chi connectivity index (χ1v) is 7.82. The fourth-order valence-electron chi connectivity index (χ4n) is 2.22. The monoisotopic (exact) mass is 313 g/mol. The molecule has 122 valence electrons. The van der Waals surface area contributed by atoms with Gasteiger partial charge < -0.3 is 14.8 Å². The number of carbonyl (C=O) groups is 1. The van der Waals surface area contributed by atoms with E-state index in [4.69, 9.17) is 9.47 Å². The maximum absolute atomic E-state index is 12.0. The molecule has 1 amide bonds. The molecule has 0 radical (unpaired) electrons. The first-order valence-electron chi connectivity index (χ1n) is 7.82. The van der Waals surface area contributed by atoms with Gasteiger partial charge in [0, 0.05) is 5.69 Å². The van der Waals surface area contributed by atoms with Crippen LogP contribution in [0.1, 0.15) is 24.5 Å². The van der Waals surface area contributed by atoms with Crippen molar-refractivity contribution in [2.75, 3.05) is 18.5 Å². The van der Waals surface area contributed by atoms with E-state index in [1.807, 2.05) is 56.3 Å². The van der Waals surface area contributed by atoms with E-state index >= 15 is 0 Å². The van der Waals surface area contributed by atoms with Crippen LogP contribution >= 0.6 is 0 Å². The summed E-state index contributed by atoms with van der Waals surface area (Å²) in [6.45, 7) is 6.67. The number of anilines is 1. The second-order valence-electron chi connectivity index (χ2n) is 5.43. The first-order chi connectivity index (χ1) is 11.1. The van der Waals surface area contributed by atoms with Gasteiger partial charge in [-0.1, -0.05) is 25.1 Å². The molecule has 0 unspecified atom stereocenters. The normalized spacial score (nSPS) is 10.2. The Morgan fingerprint density at radius 2 is 1.65 bits per heavy atom. The lowest BCUT2D eigenvalue weighted by Crippen LogP contribution is -2.20. The average molecular weight is 313 g/mol. The average Bonchev–Trinajstić information content (AvgIpc) is 2.54. The number of amides is 1. The molecule has 0 atom stereocenters. The van der Waals surface area contributed by atoms with E-state index in [1.54, 1.807) is 0 Å². The zero-order chi connectivity index (χ0) is 16.7. The van der Waals surface area contributed by atoms with Crippen LogP contribution in [-0.4, -0.2) is 19.1 Å². The van der Waals surface area contributed by atoms with Gasteiger partial charge in [0.2, 0.25) is 0 Å². The zero-order valence-electron chi connectivity index (χ0n) is 13.9. The van der Waals surface area contributed by atoms with Crippen molar-refractivity contribution in [3.8, 4) is 11.5 Å². The van der Waals surface area contributed by atoms with Crippen molar-refractivity contribution in [3.05, 3.63) is 53.6 Å². The van der Waals surface area contributed by atoms with E-state index in [9.17, 15) is 4.79 Å². The van der Waals surface area contributed by atoms with Gasteiger partial charge in [-0.05, 0) is 55.7 Å². The summed E-state index contributed by atoms with van der Waals surface area (Å²) in [5.74, 6) is 1.39. The highest BCUT2D eigenvalue weighted by molar-refractivity contribution is 5.91. The number of carbonyl (C=O) groups excluding carboxylic acids is 1. The molecule has 0 aromatic heterocycles. The lowest BCUT2D eigenvalue weighted by Gasteiger charge is -2.12. The molecule has 4 heteroatoms. The minimum atomic E-state index is -0.185. The third kappa shape index (κ3) is 5.02. The second kappa shape index (κ2) is 8.22. The third-order valence-corrected chi connectivity index (χ3v) is 3.37. The van der Waals surface area contributed by atoms with Crippen LogP contribution in [0.15, 0.2) is 42.5 Å². The van der Waals surface area contributed by atoms with Gasteiger partial charge in [-0.3, -0.25) is 4.79 Å². The van der Waals surface area contributed by atoms with Gasteiger partial charge in [-0.25, -0.2) is 0 Å². The smallest absolute Gasteiger partial charge is 0.262 e. The molecule has 2 aromatic rings. The van der Waals surface area contributed by atoms with Crippen LogP contribution < -0.4 is 14.8 Å². The molecule has 0 spiro atoms. The molecular weight excluding hydrogens is 290 g/mol. The van der Waals surface area contributed by atoms with Crippen molar-refractivity contribution >= 4 is 11.6 Å². The molecular formula is C19H23NO3. The lowest BCUT2D eigenvalue weighted by atomic mass is 10.1. The minimum absolute atomic E-state index is 0.0141. The third-order valence-electron chi connectivity index (χ3n) is 3.37. The molecule has 0 aliphatic heterocycles. The van der Waals surface area contributed by atoms with Crippen LogP contribution in [0.4, 0.5) is 5.69 Å². The van der Waals surface area contributed by atoms with Crippen LogP contribution in [0.2, 0.25) is 0 Å². The first kappa shape index (κ1) is 16.9. The van der Waals surface area contributed by atoms with Crippen molar-refractivity contribution in [2.45, 2.75) is 27.2 Å². The van der Waals surface area contributed by atoms with Gasteiger partial charge in [0.1, 0.15) is 11.5 Å². The summed E-state index contributed by atoms with van der Waals surface area (Å²) >= 11 is 0. The summed E-state index contributed by atoms with van der Waals surface area (Å²) in [5.41, 5.74) is 2.77. The summed E-state index contributed by atoms with van der Waals surface area (Å²) in [7, 11) is 0. The standard InChI is InChI=1S/C19H23NO3/c1-4-12-22-17-10-8-16(9-11-17)20-18(21)13-23-19-14(2)6-5-7-15(19)3/h5-11H,4,12-13H2,1-3H3,(H,20,21). The molecule has 0 saturated carbocycles. The fourth-order valence-corrected chi connectivity index (χ4v) is 2.22. The molecule has 0 heterocycles. The Morgan fingerprint density at radius 1 is 1.00 bits per heavy atom. The number of hydrogen-bond acceptors (Lipinski definition) is 3. The van der Waals surface area contributed by atoms with E-state index < -0.39 is 0 Å². The van der Waals surface area contributed by atoms with Crippen molar-refractivity contribution in [2.24, 2.45) is 0 Å². The van der Waals surface area contributed by atoms with E-state index in [0.29, 0.717) is 6.61 Å². The van der Waals surface area contributed by atoms with Crippen molar-refractivity contribution < 1.29 is 14.3 Å². The van der Waals surface area contributed by atoms with E-state index in [0.717, 1.165) is 34.7 Å². The maximum atomic E-state index is 12.0. The number of nitrogens with one attached hydrogen (secondary N) is 1. The fraction of sp³-hybridized carbons (Fsp3) is 0.316. The molecule has 2 aromatic carbocycles. The van der Waals surface area contributed by atoms with E-state index in [2.05, 4.69) is 12.2 Å². The highest BCUT2D eigenvalue weighted by atomic mass is 16.5. The van der Waals surface area contributed by atoms with Crippen molar-refractivity contribution in [1.82, 2.24) is 0 Å². The highest BCUT2D eigenvalue weighted by Crippen LogP contribution is 2.22. The Hall–Kier alpha value is -2.49. The molecule has 0 aliphatic carbocycles. The number of benzene rings is 2. The van der Waals surface area contributed by atoms with Crippen molar-refractivity contribution in [3.63, 3.8) is 0 Å². The summed E-state index contributed by atoms with van der Waals surface area (Å²) in [4.78, 5) is 12.0. The van der Waals surface area contributed by atoms with Gasteiger partial charge in [-0.2, -0.15) is 0 Å². The Kier molecular flexibility index (Phi) is 6.03. The Morgan fingerprint density at radius 3 is 2.26 bits per heavy atom. The summed E-state index contributed by atoms with van der Waals surface area (Å²) < 4.78 is 11.2. The van der Waals surface area contributed by atoms with E-state index in [1.165, 1.54) is 0 Å². The number of aryl methyl sites for hydroxylation is 2. The molecule has 0 bridgehead atoms. The molecule has 0 aliphatic rings. The molecule has 1 N–H and O–H groups in total. The zero-order valence-corrected chi connectivity index (χ0v) is 13.9. The van der Waals surface area contributed by atoms with Crippen LogP contribution in [0.3, 0.4) is 0 Å². The summed E-state index contributed by atoms with van der Waals surface area (Å²) in [6, 6.07) is 13.2. The largest absolute Gasteiger partial charge is 0.494 e. The topological polar surface area (TPSA) is 47.6 Å². The number of para-hydroxylation sites is 1. The van der Waals surface area contributed by atoms with Gasteiger partial charge >= 0.3 is 0 Å². The summed E-state index contributed by atoms with van der Waals surface area (Å²) in [5, 5.41) is 2.81. The SMILES string of the molecule is CCCOc1ccc(NC(=O)COc2c(C)cccc2C)cc1. The second-order valence-corrected chi connectivity index (χ2v) is 5.43. The molecule has 2 rings (SSSR count). The predicted octanol–water partition coefficient (Wildman–Crippen LogP) is 4.11. The van der Waals surface area contributed by atoms with Gasteiger partial charge in [-0.15, -0.1) is 0 Å². The van der Waals surface area contributed by atoms with Crippen LogP contribution in [-0.2, 0) is 4.79 Å². The van der Waals surface area contributed by atoms with Gasteiger partial charge in [0.15, 0.2) is 6.61 Å². The molecule has 0 saturated heterocycles. The van der Waals surface area contributed by atoms with Crippen LogP contribution in [0.25, 0.3) is 0 Å². The maximum Gasteiger partial charge on any atom is 0.262 e. The van der Waals surface area contributed by atoms with Gasteiger partial charge in [0.05, 0.1) is 6.61 Å². The quantitative estimate of drug-likeness (QED) is 0.837. The van der Waals surface area contributed by atoms with Crippen molar-refractivity contribution in [1.29, 1.82) is 0 Å². The van der Waals surface area contributed by atoms with Crippen LogP contribution in [0, 0.1) is 13.8 Å². The Bertz CT molecular complexity index is 630. The highest BCUT2D eigenvalue weighted by Gasteiger charge is 2.07. The van der Waals surface area contributed by atoms with Crippen LogP contribution in [0.5, 0.6) is 11.5 Å². The lowest BCUT2D eigenvalue weighted by molar-refractivity contribution is -0.118. The predicted molar refractivity (Wildman–Crippen MR) is 92.3 cm³/mol.